The standard InChI is InChI=1S/C25H22F3N5O4/c26-25(27,28)37-19-8-6-17(7-9-19)22(34)31-12-10-24(36,11-13-31)15-32-16-29-21-20(23(32)35)14-30-33(21)18-4-2-1-3-5-18/h1-9,14,16,36H,10-13,15H2. The molecule has 1 saturated heterocycles. The number of carbonyl (C=O) groups excluding carboxylic acids is 1. The molecule has 3 heterocycles. The van der Waals surface area contributed by atoms with Crippen molar-refractivity contribution in [2.75, 3.05) is 13.1 Å². The van der Waals surface area contributed by atoms with E-state index in [2.05, 4.69) is 14.8 Å². The predicted molar refractivity (Wildman–Crippen MR) is 126 cm³/mol. The Hall–Kier alpha value is -4.19. The molecule has 1 aliphatic rings. The molecule has 4 aromatic rings. The number of aromatic nitrogens is 4. The minimum atomic E-state index is -4.81. The highest BCUT2D eigenvalue weighted by atomic mass is 19.4. The molecule has 0 bridgehead atoms. The van der Waals surface area contributed by atoms with E-state index in [9.17, 15) is 27.9 Å². The zero-order valence-electron chi connectivity index (χ0n) is 19.4. The number of likely N-dealkylation sites (tertiary alicyclic amines) is 1. The van der Waals surface area contributed by atoms with E-state index in [1.807, 2.05) is 30.3 Å². The largest absolute Gasteiger partial charge is 0.573 e. The highest BCUT2D eigenvalue weighted by molar-refractivity contribution is 5.94. The maximum absolute atomic E-state index is 13.1. The normalized spacial score (nSPS) is 15.6. The molecule has 1 aliphatic heterocycles. The van der Waals surface area contributed by atoms with Gasteiger partial charge in [0.25, 0.3) is 11.5 Å². The molecule has 0 atom stereocenters. The number of amides is 1. The number of hydrogen-bond acceptors (Lipinski definition) is 6. The summed E-state index contributed by atoms with van der Waals surface area (Å²) < 4.78 is 43.8. The van der Waals surface area contributed by atoms with Gasteiger partial charge in [0.1, 0.15) is 17.5 Å². The van der Waals surface area contributed by atoms with Crippen LogP contribution in [0.1, 0.15) is 23.2 Å². The minimum Gasteiger partial charge on any atom is -0.406 e. The van der Waals surface area contributed by atoms with E-state index >= 15 is 0 Å². The quantitative estimate of drug-likeness (QED) is 0.440. The van der Waals surface area contributed by atoms with Crippen molar-refractivity contribution in [1.29, 1.82) is 0 Å². The van der Waals surface area contributed by atoms with Crippen molar-refractivity contribution in [2.45, 2.75) is 31.3 Å². The Bertz CT molecular complexity index is 1470. The number of carbonyl (C=O) groups is 1. The number of rotatable bonds is 5. The SMILES string of the molecule is O=C(c1ccc(OC(F)(F)F)cc1)N1CCC(O)(Cn2cnc3c(cnn3-c3ccccc3)c2=O)CC1. The van der Waals surface area contributed by atoms with Gasteiger partial charge in [0.05, 0.1) is 24.0 Å². The van der Waals surface area contributed by atoms with Crippen LogP contribution in [0, 0.1) is 0 Å². The van der Waals surface area contributed by atoms with Crippen molar-refractivity contribution >= 4 is 16.9 Å². The fourth-order valence-corrected chi connectivity index (χ4v) is 4.40. The van der Waals surface area contributed by atoms with Gasteiger partial charge in [-0.25, -0.2) is 9.67 Å². The Balaban J connectivity index is 1.25. The summed E-state index contributed by atoms with van der Waals surface area (Å²) in [6.07, 6.45) is -1.56. The molecule has 0 spiro atoms. The average Bonchev–Trinajstić information content (AvgIpc) is 3.31. The van der Waals surface area contributed by atoms with Crippen LogP contribution >= 0.6 is 0 Å². The highest BCUT2D eigenvalue weighted by Crippen LogP contribution is 2.27. The fraction of sp³-hybridized carbons (Fsp3) is 0.280. The molecule has 1 N–H and O–H groups in total. The van der Waals surface area contributed by atoms with Gasteiger partial charge in [-0.3, -0.25) is 14.2 Å². The second kappa shape index (κ2) is 9.36. The molecule has 2 aromatic carbocycles. The first kappa shape index (κ1) is 24.5. The second-order valence-electron chi connectivity index (χ2n) is 8.90. The lowest BCUT2D eigenvalue weighted by molar-refractivity contribution is -0.274. The maximum Gasteiger partial charge on any atom is 0.573 e. The molecule has 0 aliphatic carbocycles. The van der Waals surface area contributed by atoms with Crippen LogP contribution in [0.3, 0.4) is 0 Å². The van der Waals surface area contributed by atoms with Gasteiger partial charge < -0.3 is 14.7 Å². The summed E-state index contributed by atoms with van der Waals surface area (Å²) in [6, 6.07) is 14.0. The van der Waals surface area contributed by atoms with Gasteiger partial charge in [-0.2, -0.15) is 5.10 Å². The Kier molecular flexibility index (Phi) is 6.20. The van der Waals surface area contributed by atoms with Crippen LogP contribution in [0.5, 0.6) is 5.75 Å². The molecule has 5 rings (SSSR count). The number of alkyl halides is 3. The Morgan fingerprint density at radius 1 is 1.05 bits per heavy atom. The fourth-order valence-electron chi connectivity index (χ4n) is 4.40. The summed E-state index contributed by atoms with van der Waals surface area (Å²) in [6.45, 7) is 0.426. The van der Waals surface area contributed by atoms with Crippen molar-refractivity contribution in [3.8, 4) is 11.4 Å². The zero-order valence-corrected chi connectivity index (χ0v) is 19.4. The van der Waals surface area contributed by atoms with Crippen LogP contribution < -0.4 is 10.3 Å². The van der Waals surface area contributed by atoms with E-state index in [0.717, 1.165) is 17.8 Å². The molecule has 2 aromatic heterocycles. The van der Waals surface area contributed by atoms with Crippen LogP contribution in [0.4, 0.5) is 13.2 Å². The number of halogens is 3. The van der Waals surface area contributed by atoms with Gasteiger partial charge in [-0.15, -0.1) is 13.2 Å². The number of hydrogen-bond donors (Lipinski definition) is 1. The number of aliphatic hydroxyl groups is 1. The smallest absolute Gasteiger partial charge is 0.406 e. The summed E-state index contributed by atoms with van der Waals surface area (Å²) in [5.74, 6) is -0.781. The summed E-state index contributed by atoms with van der Waals surface area (Å²) >= 11 is 0. The van der Waals surface area contributed by atoms with Crippen LogP contribution in [0.2, 0.25) is 0 Å². The summed E-state index contributed by atoms with van der Waals surface area (Å²) in [5.41, 5.74) is -0.191. The molecule has 1 fully saturated rings. The van der Waals surface area contributed by atoms with Crippen molar-refractivity contribution < 1.29 is 27.8 Å². The first-order valence-corrected chi connectivity index (χ1v) is 11.5. The number of fused-ring (bicyclic) bond motifs is 1. The van der Waals surface area contributed by atoms with Gasteiger partial charge in [-0.05, 0) is 49.2 Å². The van der Waals surface area contributed by atoms with Crippen molar-refractivity contribution in [2.24, 2.45) is 0 Å². The Morgan fingerprint density at radius 3 is 2.38 bits per heavy atom. The lowest BCUT2D eigenvalue weighted by Gasteiger charge is -2.38. The lowest BCUT2D eigenvalue weighted by Crippen LogP contribution is -2.49. The first-order chi connectivity index (χ1) is 17.6. The third kappa shape index (κ3) is 5.19. The molecule has 9 nitrogen and oxygen atoms in total. The summed E-state index contributed by atoms with van der Waals surface area (Å²) in [7, 11) is 0. The van der Waals surface area contributed by atoms with E-state index < -0.39 is 17.7 Å². The molecule has 0 saturated carbocycles. The minimum absolute atomic E-state index is 0.00318. The molecule has 12 heteroatoms. The second-order valence-corrected chi connectivity index (χ2v) is 8.90. The van der Waals surface area contributed by atoms with E-state index in [1.165, 1.54) is 34.1 Å². The molecule has 37 heavy (non-hydrogen) atoms. The number of para-hydroxylation sites is 1. The molecule has 0 radical (unpaired) electrons. The third-order valence-electron chi connectivity index (χ3n) is 6.34. The summed E-state index contributed by atoms with van der Waals surface area (Å²) in [4.78, 5) is 31.8. The van der Waals surface area contributed by atoms with E-state index in [4.69, 9.17) is 0 Å². The van der Waals surface area contributed by atoms with Crippen LogP contribution in [0.25, 0.3) is 16.7 Å². The zero-order chi connectivity index (χ0) is 26.2. The molecular formula is C25H22F3N5O4. The lowest BCUT2D eigenvalue weighted by atomic mass is 9.91. The highest BCUT2D eigenvalue weighted by Gasteiger charge is 2.35. The Labute approximate surface area is 208 Å². The average molecular weight is 513 g/mol. The van der Waals surface area contributed by atoms with Gasteiger partial charge in [0.2, 0.25) is 0 Å². The monoisotopic (exact) mass is 513 g/mol. The van der Waals surface area contributed by atoms with Gasteiger partial charge in [0.15, 0.2) is 5.65 Å². The molecule has 0 unspecified atom stereocenters. The van der Waals surface area contributed by atoms with E-state index in [1.54, 1.807) is 4.68 Å². The van der Waals surface area contributed by atoms with Crippen LogP contribution in [-0.4, -0.2) is 60.3 Å². The van der Waals surface area contributed by atoms with E-state index in [-0.39, 0.29) is 49.5 Å². The number of benzene rings is 2. The molecular weight excluding hydrogens is 491 g/mol. The number of nitrogens with zero attached hydrogens (tertiary/aromatic N) is 5. The maximum atomic E-state index is 13.1. The summed E-state index contributed by atoms with van der Waals surface area (Å²) in [5, 5.41) is 15.8. The topological polar surface area (TPSA) is 102 Å². The predicted octanol–water partition coefficient (Wildman–Crippen LogP) is 3.15. The van der Waals surface area contributed by atoms with Crippen molar-refractivity contribution in [3.63, 3.8) is 0 Å². The number of piperidine rings is 1. The van der Waals surface area contributed by atoms with Gasteiger partial charge in [0, 0.05) is 18.7 Å². The first-order valence-electron chi connectivity index (χ1n) is 11.5. The van der Waals surface area contributed by atoms with Crippen LogP contribution in [0.15, 0.2) is 71.9 Å². The Morgan fingerprint density at radius 2 is 1.73 bits per heavy atom. The van der Waals surface area contributed by atoms with Crippen molar-refractivity contribution in [3.05, 3.63) is 83.0 Å². The van der Waals surface area contributed by atoms with Gasteiger partial charge >= 0.3 is 6.36 Å². The van der Waals surface area contributed by atoms with Crippen molar-refractivity contribution in [1.82, 2.24) is 24.2 Å². The van der Waals surface area contributed by atoms with Gasteiger partial charge in [-0.1, -0.05) is 18.2 Å². The third-order valence-corrected chi connectivity index (χ3v) is 6.34. The molecule has 1 amide bonds. The van der Waals surface area contributed by atoms with E-state index in [0.29, 0.717) is 11.0 Å². The molecule has 192 valence electrons. The van der Waals surface area contributed by atoms with Crippen LogP contribution in [-0.2, 0) is 6.54 Å². The number of ether oxygens (including phenoxy) is 1.